The number of hydrogen-bond donors (Lipinski definition) is 1. The van der Waals surface area contributed by atoms with E-state index in [-0.39, 0.29) is 30.3 Å². The van der Waals surface area contributed by atoms with E-state index < -0.39 is 23.3 Å². The fourth-order valence-corrected chi connectivity index (χ4v) is 5.66. The van der Waals surface area contributed by atoms with Gasteiger partial charge in [0.1, 0.15) is 5.75 Å². The molecular formula is C26H21N3O5. The Labute approximate surface area is 193 Å². The van der Waals surface area contributed by atoms with Crippen molar-refractivity contribution in [1.29, 1.82) is 0 Å². The Morgan fingerprint density at radius 2 is 1.71 bits per heavy atom. The molecule has 2 atom stereocenters. The zero-order valence-corrected chi connectivity index (χ0v) is 18.6. The number of carbonyl (C=O) groups is 2. The van der Waals surface area contributed by atoms with Gasteiger partial charge >= 0.3 is 11.4 Å². The molecule has 0 amide bonds. The van der Waals surface area contributed by atoms with Gasteiger partial charge in [0.15, 0.2) is 11.6 Å². The van der Waals surface area contributed by atoms with Gasteiger partial charge in [-0.1, -0.05) is 36.4 Å². The maximum atomic E-state index is 13.5. The van der Waals surface area contributed by atoms with Crippen LogP contribution in [0.2, 0.25) is 0 Å². The third-order valence-corrected chi connectivity index (χ3v) is 7.27. The number of Topliss-reactive ketones (excluding diaryl/α,β-unsaturated/α-hetero) is 1. The van der Waals surface area contributed by atoms with Crippen molar-refractivity contribution in [3.63, 3.8) is 0 Å². The summed E-state index contributed by atoms with van der Waals surface area (Å²) in [4.78, 5) is 52.2. The molecule has 3 aromatic rings. The molecule has 170 valence electrons. The fraction of sp³-hybridized carbons (Fsp3) is 0.231. The number of hydrogen-bond acceptors (Lipinski definition) is 5. The highest BCUT2D eigenvalue weighted by Gasteiger charge is 2.45. The second-order valence-electron chi connectivity index (χ2n) is 9.04. The fourth-order valence-electron chi connectivity index (χ4n) is 5.66. The molecule has 0 saturated heterocycles. The van der Waals surface area contributed by atoms with Crippen LogP contribution in [0.5, 0.6) is 5.75 Å². The first-order valence-electron chi connectivity index (χ1n) is 11.1. The van der Waals surface area contributed by atoms with Gasteiger partial charge in [-0.3, -0.25) is 9.59 Å². The number of allylic oxidation sites excluding steroid dienone is 6. The molecule has 34 heavy (non-hydrogen) atoms. The Morgan fingerprint density at radius 3 is 2.47 bits per heavy atom. The van der Waals surface area contributed by atoms with E-state index in [1.54, 1.807) is 25.1 Å². The van der Waals surface area contributed by atoms with Crippen LogP contribution in [-0.4, -0.2) is 30.6 Å². The molecule has 2 heterocycles. The summed E-state index contributed by atoms with van der Waals surface area (Å²) in [6.07, 6.45) is 3.41. The first-order chi connectivity index (χ1) is 16.3. The molecule has 0 saturated carbocycles. The third kappa shape index (κ3) is 2.53. The summed E-state index contributed by atoms with van der Waals surface area (Å²) in [7, 11) is 1.43. The van der Waals surface area contributed by atoms with Crippen LogP contribution < -0.4 is 11.4 Å². The summed E-state index contributed by atoms with van der Waals surface area (Å²) in [5.41, 5.74) is 1.86. The van der Waals surface area contributed by atoms with Crippen LogP contribution in [0.1, 0.15) is 30.9 Å². The lowest BCUT2D eigenvalue weighted by atomic mass is 9.67. The van der Waals surface area contributed by atoms with Gasteiger partial charge in [-0.25, -0.2) is 23.5 Å². The molecule has 2 aromatic carbocycles. The van der Waals surface area contributed by atoms with Crippen molar-refractivity contribution >= 4 is 22.3 Å². The summed E-state index contributed by atoms with van der Waals surface area (Å²) in [5, 5.41) is 11.8. The molecule has 3 aliphatic rings. The van der Waals surface area contributed by atoms with Crippen LogP contribution in [0, 0.1) is 0 Å². The molecule has 8 nitrogen and oxygen atoms in total. The van der Waals surface area contributed by atoms with E-state index in [4.69, 9.17) is 0 Å². The largest absolute Gasteiger partial charge is 0.507 e. The lowest BCUT2D eigenvalue weighted by molar-refractivity contribution is -0.116. The molecule has 0 bridgehead atoms. The molecule has 6 rings (SSSR count). The Kier molecular flexibility index (Phi) is 4.14. The van der Waals surface area contributed by atoms with Crippen molar-refractivity contribution in [3.05, 3.63) is 97.4 Å². The Hall–Kier alpha value is -4.20. The first kappa shape index (κ1) is 20.4. The van der Waals surface area contributed by atoms with Gasteiger partial charge in [0, 0.05) is 41.5 Å². The topological polar surface area (TPSA) is 103 Å². The van der Waals surface area contributed by atoms with Crippen LogP contribution in [0.3, 0.4) is 0 Å². The van der Waals surface area contributed by atoms with Crippen molar-refractivity contribution in [2.45, 2.75) is 31.8 Å². The number of phenols is 1. The van der Waals surface area contributed by atoms with Gasteiger partial charge in [0.25, 0.3) is 0 Å². The predicted octanol–water partition coefficient (Wildman–Crippen LogP) is 2.27. The SMILES string of the molecule is CC1=CC(=O)C2=C(C1=O)[C@@H](c1ccc(O)c3ccccc13)C1=CCn3c(=O)n(C)c(=O)n3[C@@H]1C2. The quantitative estimate of drug-likeness (QED) is 0.448. The smallest absolute Gasteiger partial charge is 0.347 e. The number of carbonyl (C=O) groups excluding carboxylic acids is 2. The van der Waals surface area contributed by atoms with Crippen LogP contribution in [0.4, 0.5) is 0 Å². The number of aromatic nitrogens is 3. The van der Waals surface area contributed by atoms with E-state index in [9.17, 15) is 24.3 Å². The van der Waals surface area contributed by atoms with Crippen molar-refractivity contribution in [3.8, 4) is 5.75 Å². The molecule has 0 spiro atoms. The summed E-state index contributed by atoms with van der Waals surface area (Å²) in [6, 6.07) is 10.1. The second kappa shape index (κ2) is 6.90. The van der Waals surface area contributed by atoms with Crippen molar-refractivity contribution < 1.29 is 14.7 Å². The average molecular weight is 455 g/mol. The number of nitrogens with zero attached hydrogens (tertiary/aromatic N) is 3. The molecule has 2 aliphatic carbocycles. The highest BCUT2D eigenvalue weighted by atomic mass is 16.3. The summed E-state index contributed by atoms with van der Waals surface area (Å²) >= 11 is 0. The summed E-state index contributed by atoms with van der Waals surface area (Å²) < 4.78 is 3.85. The van der Waals surface area contributed by atoms with Gasteiger partial charge in [-0.2, -0.15) is 0 Å². The van der Waals surface area contributed by atoms with Crippen LogP contribution in [0.15, 0.2) is 80.4 Å². The summed E-state index contributed by atoms with van der Waals surface area (Å²) in [6.45, 7) is 1.82. The third-order valence-electron chi connectivity index (χ3n) is 7.27. The van der Waals surface area contributed by atoms with Crippen molar-refractivity contribution in [1.82, 2.24) is 13.9 Å². The van der Waals surface area contributed by atoms with Crippen molar-refractivity contribution in [2.24, 2.45) is 7.05 Å². The van der Waals surface area contributed by atoms with Crippen molar-refractivity contribution in [2.75, 3.05) is 0 Å². The summed E-state index contributed by atoms with van der Waals surface area (Å²) in [5.74, 6) is -0.911. The first-order valence-corrected chi connectivity index (χ1v) is 11.1. The van der Waals surface area contributed by atoms with E-state index in [1.807, 2.05) is 24.3 Å². The van der Waals surface area contributed by atoms with E-state index in [2.05, 4.69) is 0 Å². The van der Waals surface area contributed by atoms with E-state index in [0.717, 1.165) is 21.1 Å². The molecule has 1 aliphatic heterocycles. The van der Waals surface area contributed by atoms with Gasteiger partial charge in [0.2, 0.25) is 0 Å². The number of fused-ring (bicyclic) bond motifs is 4. The second-order valence-corrected chi connectivity index (χ2v) is 9.04. The number of aromatic hydroxyl groups is 1. The Morgan fingerprint density at radius 1 is 0.971 bits per heavy atom. The van der Waals surface area contributed by atoms with E-state index >= 15 is 0 Å². The number of rotatable bonds is 1. The number of ketones is 2. The number of phenolic OH excluding ortho intramolecular Hbond substituents is 1. The normalized spacial score (nSPS) is 21.7. The minimum atomic E-state index is -0.588. The minimum Gasteiger partial charge on any atom is -0.507 e. The van der Waals surface area contributed by atoms with Crippen LogP contribution >= 0.6 is 0 Å². The zero-order chi connectivity index (χ0) is 23.9. The van der Waals surface area contributed by atoms with Gasteiger partial charge in [-0.15, -0.1) is 0 Å². The molecule has 1 N–H and O–H groups in total. The molecule has 1 aromatic heterocycles. The molecule has 0 fully saturated rings. The van der Waals surface area contributed by atoms with Gasteiger partial charge in [-0.05, 0) is 35.6 Å². The van der Waals surface area contributed by atoms with Crippen LogP contribution in [-0.2, 0) is 23.2 Å². The highest BCUT2D eigenvalue weighted by molar-refractivity contribution is 6.24. The molecule has 0 radical (unpaired) electrons. The molecule has 0 unspecified atom stereocenters. The maximum Gasteiger partial charge on any atom is 0.347 e. The monoisotopic (exact) mass is 455 g/mol. The molecule has 8 heteroatoms. The van der Waals surface area contributed by atoms with Gasteiger partial charge in [0.05, 0.1) is 12.6 Å². The van der Waals surface area contributed by atoms with E-state index in [0.29, 0.717) is 22.1 Å². The zero-order valence-electron chi connectivity index (χ0n) is 18.6. The highest BCUT2D eigenvalue weighted by Crippen LogP contribution is 2.51. The van der Waals surface area contributed by atoms with E-state index in [1.165, 1.54) is 22.5 Å². The van der Waals surface area contributed by atoms with Gasteiger partial charge < -0.3 is 5.11 Å². The predicted molar refractivity (Wildman–Crippen MR) is 125 cm³/mol. The minimum absolute atomic E-state index is 0.119. The Bertz CT molecular complexity index is 1670. The standard InChI is InChI=1S/C26H21N3O5/c1-13-11-21(31)18-12-19-17(9-10-28-25(33)27(2)26(34)29(19)28)22(23(18)24(13)32)16-7-8-20(30)15-6-4-3-5-14(15)16/h3-9,11,19,22,30H,10,12H2,1-2H3/t19-,22+/m1/s1. The van der Waals surface area contributed by atoms with Crippen LogP contribution in [0.25, 0.3) is 10.8 Å². The molecular weight excluding hydrogens is 434 g/mol. The Balaban J connectivity index is 1.68. The lowest BCUT2D eigenvalue weighted by Gasteiger charge is -2.40. The lowest BCUT2D eigenvalue weighted by Crippen LogP contribution is -2.40. The maximum absolute atomic E-state index is 13.5. The average Bonchev–Trinajstić information content (AvgIpc) is 3.06. The number of benzene rings is 2.